The van der Waals surface area contributed by atoms with Crippen molar-refractivity contribution in [2.45, 2.75) is 16.3 Å². The minimum atomic E-state index is -4.26. The molecule has 0 nitrogen and oxygen atoms in total. The van der Waals surface area contributed by atoms with E-state index in [9.17, 15) is 13.2 Å². The molecular formula is C10H5Cl2F3S. The fourth-order valence-corrected chi connectivity index (χ4v) is 2.98. The fraction of sp³-hybridized carbons (Fsp3) is 0.200. The lowest BCUT2D eigenvalue weighted by molar-refractivity contribution is -0.119. The van der Waals surface area contributed by atoms with E-state index in [0.717, 1.165) is 6.08 Å². The molecule has 0 N–H and O–H groups in total. The lowest BCUT2D eigenvalue weighted by Crippen LogP contribution is -2.24. The Labute approximate surface area is 104 Å². The van der Waals surface area contributed by atoms with Crippen LogP contribution in [0.25, 0.3) is 6.08 Å². The molecule has 0 unspecified atom stereocenters. The monoisotopic (exact) mass is 284 g/mol. The number of hydrogen-bond donors (Lipinski definition) is 0. The molecule has 16 heavy (non-hydrogen) atoms. The van der Waals surface area contributed by atoms with Gasteiger partial charge in [0.2, 0.25) is 0 Å². The Morgan fingerprint density at radius 3 is 2.50 bits per heavy atom. The van der Waals surface area contributed by atoms with E-state index in [1.807, 2.05) is 0 Å². The molecule has 0 radical (unpaired) electrons. The van der Waals surface area contributed by atoms with E-state index in [1.54, 1.807) is 6.07 Å². The average Bonchev–Trinajstić information content (AvgIpc) is 2.15. The highest BCUT2D eigenvalue weighted by atomic mass is 35.5. The largest absolute Gasteiger partial charge is 0.404 e. The van der Waals surface area contributed by atoms with E-state index in [4.69, 9.17) is 23.2 Å². The van der Waals surface area contributed by atoms with Crippen molar-refractivity contribution < 1.29 is 13.2 Å². The van der Waals surface area contributed by atoms with Crippen LogP contribution in [0.4, 0.5) is 13.2 Å². The Hall–Kier alpha value is -0.320. The number of benzene rings is 1. The van der Waals surface area contributed by atoms with Crippen molar-refractivity contribution in [2.24, 2.45) is 0 Å². The van der Waals surface area contributed by atoms with Crippen LogP contribution in [0, 0.1) is 0 Å². The summed E-state index contributed by atoms with van der Waals surface area (Å²) in [4.78, 5) is 0.427. The number of thioether (sulfide) groups is 1. The summed E-state index contributed by atoms with van der Waals surface area (Å²) in [6, 6.07) is 3.04. The first-order valence-electron chi connectivity index (χ1n) is 4.28. The molecule has 0 aromatic heterocycles. The number of alkyl halides is 3. The van der Waals surface area contributed by atoms with Gasteiger partial charge in [0.1, 0.15) is 5.25 Å². The van der Waals surface area contributed by atoms with Crippen LogP contribution in [0.1, 0.15) is 5.56 Å². The van der Waals surface area contributed by atoms with Crippen LogP contribution in [0.3, 0.4) is 0 Å². The summed E-state index contributed by atoms with van der Waals surface area (Å²) in [7, 11) is 0. The maximum absolute atomic E-state index is 12.5. The fourth-order valence-electron chi connectivity index (χ4n) is 1.36. The quantitative estimate of drug-likeness (QED) is 0.643. The summed E-state index contributed by atoms with van der Waals surface area (Å²) in [5.74, 6) is 0. The lowest BCUT2D eigenvalue weighted by Gasteiger charge is -2.22. The third-order valence-electron chi connectivity index (χ3n) is 2.06. The molecule has 1 aromatic carbocycles. The van der Waals surface area contributed by atoms with Crippen LogP contribution in [-0.4, -0.2) is 11.4 Å². The minimum Gasteiger partial charge on any atom is -0.169 e. The summed E-state index contributed by atoms with van der Waals surface area (Å²) < 4.78 is 37.5. The van der Waals surface area contributed by atoms with E-state index < -0.39 is 11.4 Å². The van der Waals surface area contributed by atoms with Gasteiger partial charge in [-0.15, -0.1) is 11.8 Å². The smallest absolute Gasteiger partial charge is 0.169 e. The molecule has 0 spiro atoms. The molecule has 0 amide bonds. The molecule has 1 aromatic rings. The Morgan fingerprint density at radius 1 is 1.19 bits per heavy atom. The standard InChI is InChI=1S/C10H5Cl2F3S/c11-6-3-5-1-2-8(10(13,14)15)16-9(5)7(12)4-6/h1-4,8H/t8-/m0/s1. The second kappa shape index (κ2) is 4.17. The molecule has 0 fully saturated rings. The predicted molar refractivity (Wildman–Crippen MR) is 61.2 cm³/mol. The third kappa shape index (κ3) is 2.34. The minimum absolute atomic E-state index is 0.256. The Bertz CT molecular complexity index is 454. The first-order chi connectivity index (χ1) is 7.38. The van der Waals surface area contributed by atoms with Gasteiger partial charge in [-0.2, -0.15) is 13.2 Å². The maximum Gasteiger partial charge on any atom is 0.404 e. The maximum atomic E-state index is 12.5. The zero-order chi connectivity index (χ0) is 11.9. The molecule has 0 saturated carbocycles. The number of hydrogen-bond acceptors (Lipinski definition) is 1. The number of rotatable bonds is 0. The molecule has 1 atom stereocenters. The molecule has 0 bridgehead atoms. The highest BCUT2D eigenvalue weighted by Crippen LogP contribution is 2.45. The van der Waals surface area contributed by atoms with E-state index in [1.165, 1.54) is 12.1 Å². The highest BCUT2D eigenvalue weighted by molar-refractivity contribution is 8.00. The second-order valence-electron chi connectivity index (χ2n) is 3.25. The van der Waals surface area contributed by atoms with Crippen LogP contribution in [0.5, 0.6) is 0 Å². The van der Waals surface area contributed by atoms with Crippen molar-refractivity contribution in [3.8, 4) is 0 Å². The molecule has 2 rings (SSSR count). The van der Waals surface area contributed by atoms with Gasteiger partial charge < -0.3 is 0 Å². The van der Waals surface area contributed by atoms with Gasteiger partial charge in [-0.1, -0.05) is 35.4 Å². The zero-order valence-corrected chi connectivity index (χ0v) is 10.0. The third-order valence-corrected chi connectivity index (χ3v) is 4.05. The molecule has 1 aliphatic rings. The van der Waals surface area contributed by atoms with Crippen molar-refractivity contribution in [1.29, 1.82) is 0 Å². The summed E-state index contributed by atoms with van der Waals surface area (Å²) in [6.45, 7) is 0. The summed E-state index contributed by atoms with van der Waals surface area (Å²) in [5, 5.41) is -0.871. The van der Waals surface area contributed by atoms with Crippen LogP contribution in [0.2, 0.25) is 10.0 Å². The zero-order valence-electron chi connectivity index (χ0n) is 7.68. The summed E-state index contributed by atoms with van der Waals surface area (Å²) in [5.41, 5.74) is 0.628. The van der Waals surface area contributed by atoms with Gasteiger partial charge in [-0.25, -0.2) is 0 Å². The average molecular weight is 285 g/mol. The second-order valence-corrected chi connectivity index (χ2v) is 5.24. The van der Waals surface area contributed by atoms with Crippen LogP contribution < -0.4 is 0 Å². The molecule has 0 aliphatic carbocycles. The van der Waals surface area contributed by atoms with Crippen molar-refractivity contribution >= 4 is 41.0 Å². The first kappa shape index (κ1) is 12.1. The van der Waals surface area contributed by atoms with E-state index in [-0.39, 0.29) is 5.02 Å². The van der Waals surface area contributed by atoms with Gasteiger partial charge in [0.25, 0.3) is 0 Å². The van der Waals surface area contributed by atoms with Crippen molar-refractivity contribution in [2.75, 3.05) is 0 Å². The highest BCUT2D eigenvalue weighted by Gasteiger charge is 2.40. The molecule has 1 heterocycles. The number of fused-ring (bicyclic) bond motifs is 1. The van der Waals surface area contributed by atoms with Crippen LogP contribution >= 0.6 is 35.0 Å². The molecule has 1 aliphatic heterocycles. The SMILES string of the molecule is FC(F)(F)[C@@H]1C=Cc2cc(Cl)cc(Cl)c2S1. The van der Waals surface area contributed by atoms with Gasteiger partial charge in [0, 0.05) is 9.92 Å². The molecule has 0 saturated heterocycles. The van der Waals surface area contributed by atoms with E-state index >= 15 is 0 Å². The van der Waals surface area contributed by atoms with Gasteiger partial charge in [-0.05, 0) is 17.7 Å². The Balaban J connectivity index is 2.42. The van der Waals surface area contributed by atoms with Gasteiger partial charge in [-0.3, -0.25) is 0 Å². The van der Waals surface area contributed by atoms with Crippen molar-refractivity contribution in [3.05, 3.63) is 33.8 Å². The van der Waals surface area contributed by atoms with E-state index in [0.29, 0.717) is 27.2 Å². The van der Waals surface area contributed by atoms with Gasteiger partial charge >= 0.3 is 6.18 Å². The Kier molecular flexibility index (Phi) is 3.16. The Morgan fingerprint density at radius 2 is 1.88 bits per heavy atom. The van der Waals surface area contributed by atoms with Gasteiger partial charge in [0.05, 0.1) is 5.02 Å². The van der Waals surface area contributed by atoms with Gasteiger partial charge in [0.15, 0.2) is 0 Å². The molecule has 6 heteroatoms. The van der Waals surface area contributed by atoms with E-state index in [2.05, 4.69) is 0 Å². The topological polar surface area (TPSA) is 0 Å². The van der Waals surface area contributed by atoms with Crippen LogP contribution in [0.15, 0.2) is 23.1 Å². The molecular weight excluding hydrogens is 280 g/mol. The van der Waals surface area contributed by atoms with Crippen LogP contribution in [-0.2, 0) is 0 Å². The normalized spacial score (nSPS) is 19.7. The van der Waals surface area contributed by atoms with Crippen molar-refractivity contribution in [1.82, 2.24) is 0 Å². The number of halogens is 5. The molecule has 86 valence electrons. The first-order valence-corrected chi connectivity index (χ1v) is 5.92. The van der Waals surface area contributed by atoms with Crippen molar-refractivity contribution in [3.63, 3.8) is 0 Å². The summed E-state index contributed by atoms with van der Waals surface area (Å²) in [6.07, 6.45) is -1.75. The predicted octanol–water partition coefficient (Wildman–Crippen LogP) is 5.04. The lowest BCUT2D eigenvalue weighted by atomic mass is 10.2. The summed E-state index contributed by atoms with van der Waals surface area (Å²) >= 11 is 12.3.